The second kappa shape index (κ2) is 7.65. The molecule has 0 bridgehead atoms. The van der Waals surface area contributed by atoms with Gasteiger partial charge in [0.05, 0.1) is 18.3 Å². The van der Waals surface area contributed by atoms with E-state index in [1.165, 1.54) is 24.3 Å². The number of halogens is 6. The molecule has 3 rings (SSSR count). The predicted octanol–water partition coefficient (Wildman–Crippen LogP) is 5.42. The average Bonchev–Trinajstić information content (AvgIpc) is 2.64. The number of allylic oxidation sites excluding steroid dienone is 2. The molecule has 0 fully saturated rings. The maximum Gasteiger partial charge on any atom is 0.451 e. The lowest BCUT2D eigenvalue weighted by Crippen LogP contribution is -2.39. The summed E-state index contributed by atoms with van der Waals surface area (Å²) in [4.78, 5) is 13.3. The standard InChI is InChI=1S/C20H13F6NO2/c21-19(22,23)11-15-18(28)27(12-13-7-3-1-4-8-13)16(14-9-5-2-6-10-14)17(29-15)20(24,25)26/h1-11H,12H2/b15-11-. The Bertz CT molecular complexity index is 946. The first kappa shape index (κ1) is 20.5. The van der Waals surface area contributed by atoms with Crippen molar-refractivity contribution in [2.45, 2.75) is 18.9 Å². The van der Waals surface area contributed by atoms with Gasteiger partial charge in [-0.1, -0.05) is 60.7 Å². The molecule has 0 N–H and O–H groups in total. The van der Waals surface area contributed by atoms with Gasteiger partial charge >= 0.3 is 12.4 Å². The molecule has 1 heterocycles. The third kappa shape index (κ3) is 4.79. The normalized spacial score (nSPS) is 17.0. The minimum Gasteiger partial charge on any atom is -0.444 e. The van der Waals surface area contributed by atoms with Gasteiger partial charge in [0, 0.05) is 5.56 Å². The summed E-state index contributed by atoms with van der Waals surface area (Å²) in [6.07, 6.45) is -10.7. The Kier molecular flexibility index (Phi) is 5.41. The number of rotatable bonds is 3. The second-order valence-electron chi connectivity index (χ2n) is 6.07. The summed E-state index contributed by atoms with van der Waals surface area (Å²) in [6, 6.07) is 15.0. The van der Waals surface area contributed by atoms with Gasteiger partial charge < -0.3 is 4.74 Å². The highest BCUT2D eigenvalue weighted by Gasteiger charge is 2.47. The number of carbonyl (C=O) groups excluding carboxylic acids is 1. The van der Waals surface area contributed by atoms with E-state index in [9.17, 15) is 31.1 Å². The fraction of sp³-hybridized carbons (Fsp3) is 0.150. The van der Waals surface area contributed by atoms with Gasteiger partial charge in [-0.05, 0) is 5.56 Å². The zero-order valence-electron chi connectivity index (χ0n) is 14.6. The van der Waals surface area contributed by atoms with Crippen LogP contribution >= 0.6 is 0 Å². The molecule has 9 heteroatoms. The van der Waals surface area contributed by atoms with Crippen LogP contribution in [0.15, 0.2) is 78.3 Å². The largest absolute Gasteiger partial charge is 0.451 e. The summed E-state index contributed by atoms with van der Waals surface area (Å²) in [6.45, 7) is -0.373. The molecule has 1 aliphatic heterocycles. The van der Waals surface area contributed by atoms with Crippen molar-refractivity contribution in [3.63, 3.8) is 0 Å². The molecule has 0 atom stereocenters. The molecule has 2 aromatic rings. The Morgan fingerprint density at radius 1 is 0.862 bits per heavy atom. The van der Waals surface area contributed by atoms with E-state index in [-0.39, 0.29) is 12.1 Å². The fourth-order valence-corrected chi connectivity index (χ4v) is 2.79. The minimum absolute atomic E-state index is 0.0184. The molecule has 3 nitrogen and oxygen atoms in total. The summed E-state index contributed by atoms with van der Waals surface area (Å²) >= 11 is 0. The van der Waals surface area contributed by atoms with Crippen molar-refractivity contribution in [3.8, 4) is 0 Å². The molecule has 0 aliphatic carbocycles. The van der Waals surface area contributed by atoms with Gasteiger partial charge in [-0.3, -0.25) is 9.69 Å². The van der Waals surface area contributed by atoms with Crippen molar-refractivity contribution in [1.82, 2.24) is 4.90 Å². The van der Waals surface area contributed by atoms with Gasteiger partial charge in [-0.25, -0.2) is 0 Å². The number of amides is 1. The van der Waals surface area contributed by atoms with E-state index in [2.05, 4.69) is 4.74 Å². The summed E-state index contributed by atoms with van der Waals surface area (Å²) < 4.78 is 83.9. The summed E-state index contributed by atoms with van der Waals surface area (Å²) in [7, 11) is 0. The SMILES string of the molecule is O=C1/C(=C/C(F)(F)F)OC(C(F)(F)F)=C(c2ccccc2)N1Cc1ccccc1. The number of hydrogen-bond donors (Lipinski definition) is 0. The van der Waals surface area contributed by atoms with E-state index < -0.39 is 41.6 Å². The predicted molar refractivity (Wildman–Crippen MR) is 91.6 cm³/mol. The van der Waals surface area contributed by atoms with Crippen molar-refractivity contribution >= 4 is 11.6 Å². The molecule has 0 unspecified atom stereocenters. The van der Waals surface area contributed by atoms with Gasteiger partial charge in [0.2, 0.25) is 5.76 Å². The molecule has 0 saturated heterocycles. The third-order valence-corrected chi connectivity index (χ3v) is 3.94. The first-order valence-electron chi connectivity index (χ1n) is 8.26. The fourth-order valence-electron chi connectivity index (χ4n) is 2.79. The molecule has 1 amide bonds. The van der Waals surface area contributed by atoms with Crippen LogP contribution < -0.4 is 0 Å². The lowest BCUT2D eigenvalue weighted by molar-refractivity contribution is -0.144. The van der Waals surface area contributed by atoms with Crippen LogP contribution in [-0.4, -0.2) is 23.2 Å². The van der Waals surface area contributed by atoms with Gasteiger partial charge in [-0.15, -0.1) is 0 Å². The number of carbonyl (C=O) groups is 1. The van der Waals surface area contributed by atoms with Crippen LogP contribution in [0.2, 0.25) is 0 Å². The maximum atomic E-state index is 13.7. The Morgan fingerprint density at radius 2 is 1.41 bits per heavy atom. The Labute approximate surface area is 161 Å². The van der Waals surface area contributed by atoms with E-state index in [4.69, 9.17) is 0 Å². The Hall–Kier alpha value is -3.23. The molecule has 152 valence electrons. The van der Waals surface area contributed by atoms with Crippen LogP contribution in [-0.2, 0) is 16.1 Å². The minimum atomic E-state index is -5.13. The van der Waals surface area contributed by atoms with Gasteiger partial charge in [-0.2, -0.15) is 26.3 Å². The molecule has 0 radical (unpaired) electrons. The quantitative estimate of drug-likeness (QED) is 0.497. The topological polar surface area (TPSA) is 29.5 Å². The summed E-state index contributed by atoms with van der Waals surface area (Å²) in [5.74, 6) is -4.45. The van der Waals surface area contributed by atoms with Crippen LogP contribution in [0.25, 0.3) is 5.70 Å². The van der Waals surface area contributed by atoms with Crippen LogP contribution in [0.1, 0.15) is 11.1 Å². The Morgan fingerprint density at radius 3 is 1.93 bits per heavy atom. The number of benzene rings is 2. The second-order valence-corrected chi connectivity index (χ2v) is 6.07. The van der Waals surface area contributed by atoms with E-state index >= 15 is 0 Å². The molecule has 0 aromatic heterocycles. The van der Waals surface area contributed by atoms with Crippen LogP contribution in [0.4, 0.5) is 26.3 Å². The van der Waals surface area contributed by atoms with E-state index in [1.807, 2.05) is 0 Å². The van der Waals surface area contributed by atoms with Crippen molar-refractivity contribution in [3.05, 3.63) is 89.4 Å². The highest BCUT2D eigenvalue weighted by atomic mass is 19.4. The molecule has 0 spiro atoms. The highest BCUT2D eigenvalue weighted by Crippen LogP contribution is 2.41. The number of nitrogens with zero attached hydrogens (tertiary/aromatic N) is 1. The summed E-state index contributed by atoms with van der Waals surface area (Å²) in [5, 5.41) is 0. The molecular weight excluding hydrogens is 400 g/mol. The third-order valence-electron chi connectivity index (χ3n) is 3.94. The molecule has 0 saturated carbocycles. The number of alkyl halides is 6. The van der Waals surface area contributed by atoms with Gasteiger partial charge in [0.25, 0.3) is 5.91 Å². The first-order valence-corrected chi connectivity index (χ1v) is 8.26. The van der Waals surface area contributed by atoms with Crippen LogP contribution in [0, 0.1) is 0 Å². The molecule has 2 aromatic carbocycles. The van der Waals surface area contributed by atoms with Crippen LogP contribution in [0.3, 0.4) is 0 Å². The maximum absolute atomic E-state index is 13.7. The van der Waals surface area contributed by atoms with E-state index in [0.717, 1.165) is 0 Å². The zero-order valence-corrected chi connectivity index (χ0v) is 14.6. The van der Waals surface area contributed by atoms with Gasteiger partial charge in [0.1, 0.15) is 0 Å². The highest BCUT2D eigenvalue weighted by molar-refractivity contribution is 6.00. The van der Waals surface area contributed by atoms with Crippen molar-refractivity contribution < 1.29 is 35.9 Å². The van der Waals surface area contributed by atoms with Crippen LogP contribution in [0.5, 0.6) is 0 Å². The molecule has 29 heavy (non-hydrogen) atoms. The van der Waals surface area contributed by atoms with E-state index in [1.54, 1.807) is 36.4 Å². The first-order chi connectivity index (χ1) is 13.6. The molecule has 1 aliphatic rings. The van der Waals surface area contributed by atoms with Crippen molar-refractivity contribution in [2.75, 3.05) is 0 Å². The van der Waals surface area contributed by atoms with Crippen molar-refractivity contribution in [1.29, 1.82) is 0 Å². The number of hydrogen-bond acceptors (Lipinski definition) is 2. The average molecular weight is 413 g/mol. The van der Waals surface area contributed by atoms with E-state index in [0.29, 0.717) is 10.5 Å². The monoisotopic (exact) mass is 413 g/mol. The number of ether oxygens (including phenoxy) is 1. The molecular formula is C20H13F6NO2. The Balaban J connectivity index is 2.22. The zero-order chi connectivity index (χ0) is 21.2. The smallest absolute Gasteiger partial charge is 0.444 e. The van der Waals surface area contributed by atoms with Crippen molar-refractivity contribution in [2.24, 2.45) is 0 Å². The lowest BCUT2D eigenvalue weighted by Gasteiger charge is -2.34. The van der Waals surface area contributed by atoms with Gasteiger partial charge in [0.15, 0.2) is 5.76 Å². The summed E-state index contributed by atoms with van der Waals surface area (Å²) in [5.41, 5.74) is -0.231. The lowest BCUT2D eigenvalue weighted by atomic mass is 10.1.